The second-order valence-electron chi connectivity index (χ2n) is 9.02. The number of sulfonamides is 1. The van der Waals surface area contributed by atoms with Gasteiger partial charge >= 0.3 is 6.08 Å². The molecule has 0 saturated heterocycles. The van der Waals surface area contributed by atoms with Crippen LogP contribution < -0.4 is 10.7 Å². The standard InChI is InChI=1S/C26H33N3O6S/c1-19(2)15-29(36(32,33)23-10-8-22(27)9-11-23)16-25(30)24(14-20-6-4-3-5-7-20)28-26(31)35-18-21-12-13-34-17-21/h3-13,17,19,24-25,30H,14-16,18,27H2,1-2H3,(H,28,31)/p+1/t24-,25+/m0/s1. The van der Waals surface area contributed by atoms with Crippen molar-refractivity contribution >= 4 is 21.8 Å². The van der Waals surface area contributed by atoms with Crippen molar-refractivity contribution < 1.29 is 32.8 Å². The maximum absolute atomic E-state index is 13.4. The molecule has 10 heteroatoms. The van der Waals surface area contributed by atoms with Crippen LogP contribution in [0.4, 0.5) is 5.69 Å². The van der Waals surface area contributed by atoms with Gasteiger partial charge in [0.15, 0.2) is 6.04 Å². The molecule has 0 fully saturated rings. The van der Waals surface area contributed by atoms with Gasteiger partial charge in [-0.3, -0.25) is 0 Å². The van der Waals surface area contributed by atoms with Gasteiger partial charge in [0.2, 0.25) is 10.0 Å². The highest BCUT2D eigenvalue weighted by Gasteiger charge is 2.33. The molecule has 2 atom stereocenters. The Labute approximate surface area is 211 Å². The lowest BCUT2D eigenvalue weighted by atomic mass is 10.0. The number of aliphatic hydroxyl groups is 2. The van der Waals surface area contributed by atoms with Crippen molar-refractivity contribution in [2.45, 2.75) is 43.9 Å². The van der Waals surface area contributed by atoms with Gasteiger partial charge in [-0.1, -0.05) is 44.2 Å². The fraction of sp³-hybridized carbons (Fsp3) is 0.346. The highest BCUT2D eigenvalue weighted by atomic mass is 32.2. The summed E-state index contributed by atoms with van der Waals surface area (Å²) in [6, 6.07) is 16.3. The summed E-state index contributed by atoms with van der Waals surface area (Å²) in [5, 5.41) is 21.6. The first-order valence-electron chi connectivity index (χ1n) is 11.7. The van der Waals surface area contributed by atoms with Gasteiger partial charge in [0.05, 0.1) is 17.4 Å². The number of anilines is 1. The number of ether oxygens (including phenoxy) is 1. The lowest BCUT2D eigenvalue weighted by Gasteiger charge is -2.27. The molecule has 2 aromatic carbocycles. The predicted octanol–water partition coefficient (Wildman–Crippen LogP) is 1.69. The Bertz CT molecular complexity index is 1200. The molecule has 0 unspecified atom stereocenters. The van der Waals surface area contributed by atoms with Crippen LogP contribution in [0.2, 0.25) is 0 Å². The summed E-state index contributed by atoms with van der Waals surface area (Å²) in [6.07, 6.45) is 1.66. The summed E-state index contributed by atoms with van der Waals surface area (Å²) in [5.74, 6) is 0.0135. The first kappa shape index (κ1) is 27.3. The number of hydrogen-bond acceptors (Lipinski definition) is 6. The maximum atomic E-state index is 13.4. The van der Waals surface area contributed by atoms with Gasteiger partial charge in [-0.2, -0.15) is 9.30 Å². The normalized spacial score (nSPS) is 14.2. The Hall–Kier alpha value is -3.34. The minimum absolute atomic E-state index is 0.0135. The lowest BCUT2D eigenvalue weighted by molar-refractivity contribution is -0.534. The Morgan fingerprint density at radius 1 is 1.06 bits per heavy atom. The monoisotopic (exact) mass is 516 g/mol. The van der Waals surface area contributed by atoms with E-state index in [4.69, 9.17) is 14.9 Å². The van der Waals surface area contributed by atoms with Crippen molar-refractivity contribution in [2.24, 2.45) is 5.92 Å². The summed E-state index contributed by atoms with van der Waals surface area (Å²) < 4.78 is 38.5. The van der Waals surface area contributed by atoms with Crippen LogP contribution in [0.1, 0.15) is 25.0 Å². The van der Waals surface area contributed by atoms with Crippen LogP contribution in [0.3, 0.4) is 0 Å². The number of hydrogen-bond donors (Lipinski definition) is 4. The molecule has 1 heterocycles. The zero-order valence-electron chi connectivity index (χ0n) is 20.4. The van der Waals surface area contributed by atoms with Crippen molar-refractivity contribution in [3.8, 4) is 0 Å². The van der Waals surface area contributed by atoms with Crippen LogP contribution in [-0.4, -0.2) is 54.3 Å². The Balaban J connectivity index is 1.84. The predicted molar refractivity (Wildman–Crippen MR) is 136 cm³/mol. The molecule has 0 aliphatic heterocycles. The van der Waals surface area contributed by atoms with E-state index < -0.39 is 28.3 Å². The third-order valence-electron chi connectivity index (χ3n) is 5.50. The van der Waals surface area contributed by atoms with Crippen LogP contribution >= 0.6 is 0 Å². The number of nitrogens with zero attached hydrogens (tertiary/aromatic N) is 1. The molecule has 0 aliphatic rings. The van der Waals surface area contributed by atoms with Crippen molar-refractivity contribution in [1.29, 1.82) is 0 Å². The summed E-state index contributed by atoms with van der Waals surface area (Å²) in [4.78, 5) is 2.91. The molecule has 3 aromatic rings. The fourth-order valence-corrected chi connectivity index (χ4v) is 5.30. The molecule has 5 N–H and O–H groups in total. The zero-order valence-corrected chi connectivity index (χ0v) is 21.3. The number of furan rings is 1. The molecule has 0 amide bonds. The number of nitrogens with two attached hydrogens (primary N) is 1. The topological polar surface area (TPSA) is 140 Å². The van der Waals surface area contributed by atoms with Gasteiger partial charge in [-0.25, -0.2) is 8.42 Å². The molecular weight excluding hydrogens is 482 g/mol. The molecule has 36 heavy (non-hydrogen) atoms. The Morgan fingerprint density at radius 3 is 2.36 bits per heavy atom. The molecule has 1 aromatic heterocycles. The van der Waals surface area contributed by atoms with E-state index in [-0.39, 0.29) is 30.5 Å². The highest BCUT2D eigenvalue weighted by molar-refractivity contribution is 7.89. The van der Waals surface area contributed by atoms with Crippen molar-refractivity contribution in [3.63, 3.8) is 0 Å². The van der Waals surface area contributed by atoms with Crippen LogP contribution in [0, 0.1) is 5.92 Å². The van der Waals surface area contributed by atoms with Crippen LogP contribution in [-0.2, 0) is 27.8 Å². The minimum atomic E-state index is -3.90. The van der Waals surface area contributed by atoms with E-state index >= 15 is 0 Å². The molecule has 0 spiro atoms. The number of nitrogen functional groups attached to an aromatic ring is 1. The largest absolute Gasteiger partial charge is 0.545 e. The van der Waals surface area contributed by atoms with E-state index in [2.05, 4.69) is 4.99 Å². The second-order valence-corrected chi connectivity index (χ2v) is 11.0. The van der Waals surface area contributed by atoms with Gasteiger partial charge in [0.25, 0.3) is 0 Å². The first-order chi connectivity index (χ1) is 17.1. The first-order valence-corrected chi connectivity index (χ1v) is 13.1. The van der Waals surface area contributed by atoms with Gasteiger partial charge in [-0.05, 0) is 41.8 Å². The molecule has 194 valence electrons. The zero-order chi connectivity index (χ0) is 26.1. The summed E-state index contributed by atoms with van der Waals surface area (Å²) in [6.45, 7) is 3.88. The van der Waals surface area contributed by atoms with Crippen LogP contribution in [0.15, 0.2) is 82.5 Å². The number of benzene rings is 2. The summed E-state index contributed by atoms with van der Waals surface area (Å²) in [5.41, 5.74) is 7.80. The third kappa shape index (κ3) is 7.84. The minimum Gasteiger partial charge on any atom is -0.472 e. The van der Waals surface area contributed by atoms with Crippen molar-refractivity contribution in [1.82, 2.24) is 4.31 Å². The van der Waals surface area contributed by atoms with Gasteiger partial charge in [-0.15, -0.1) is 0 Å². The van der Waals surface area contributed by atoms with Crippen LogP contribution in [0.5, 0.6) is 0 Å². The van der Waals surface area contributed by atoms with E-state index in [1.54, 1.807) is 6.07 Å². The Morgan fingerprint density at radius 2 is 1.75 bits per heavy atom. The highest BCUT2D eigenvalue weighted by Crippen LogP contribution is 2.19. The van der Waals surface area contributed by atoms with E-state index in [0.717, 1.165) is 11.1 Å². The average molecular weight is 517 g/mol. The molecule has 9 nitrogen and oxygen atoms in total. The smallest absolute Gasteiger partial charge is 0.472 e. The molecule has 0 saturated carbocycles. The van der Waals surface area contributed by atoms with Gasteiger partial charge < -0.3 is 25.1 Å². The molecule has 0 bridgehead atoms. The molecule has 0 radical (unpaired) electrons. The SMILES string of the molecule is CC(C)CN(C[C@@H](O)[C@H](Cc1ccccc1)[NH+]=C(O)OCc1ccoc1)S(=O)(=O)c1ccc(N)cc1. The third-order valence-corrected chi connectivity index (χ3v) is 7.35. The van der Waals surface area contributed by atoms with Crippen molar-refractivity contribution in [3.05, 3.63) is 84.3 Å². The average Bonchev–Trinajstić information content (AvgIpc) is 3.36. The van der Waals surface area contributed by atoms with Crippen LogP contribution in [0.25, 0.3) is 0 Å². The van der Waals surface area contributed by atoms with E-state index in [1.807, 2.05) is 44.2 Å². The van der Waals surface area contributed by atoms with Crippen molar-refractivity contribution in [2.75, 3.05) is 18.8 Å². The Kier molecular flexibility index (Phi) is 9.51. The number of rotatable bonds is 12. The maximum Gasteiger partial charge on any atom is 0.545 e. The lowest BCUT2D eigenvalue weighted by Crippen LogP contribution is -2.84. The summed E-state index contributed by atoms with van der Waals surface area (Å²) in [7, 11) is -3.90. The van der Waals surface area contributed by atoms with Gasteiger partial charge in [0.1, 0.15) is 12.7 Å². The second kappa shape index (κ2) is 12.6. The van der Waals surface area contributed by atoms with E-state index in [0.29, 0.717) is 12.1 Å². The molecule has 0 aliphatic carbocycles. The summed E-state index contributed by atoms with van der Waals surface area (Å²) >= 11 is 0. The van der Waals surface area contributed by atoms with Gasteiger partial charge in [0, 0.05) is 30.8 Å². The quantitative estimate of drug-likeness (QED) is 0.163. The fourth-order valence-electron chi connectivity index (χ4n) is 3.68. The number of nitrogens with one attached hydrogen (secondary N) is 1. The number of aliphatic hydroxyl groups excluding tert-OH is 2. The molecular formula is C26H34N3O6S+. The van der Waals surface area contributed by atoms with E-state index in [9.17, 15) is 18.6 Å². The molecule has 3 rings (SSSR count). The van der Waals surface area contributed by atoms with E-state index in [1.165, 1.54) is 41.1 Å².